The van der Waals surface area contributed by atoms with E-state index in [2.05, 4.69) is 20.7 Å². The number of H-pyrrole nitrogens is 1. The normalized spacial score (nSPS) is 11.4. The summed E-state index contributed by atoms with van der Waals surface area (Å²) in [6.07, 6.45) is 1.34. The molecule has 0 saturated carbocycles. The molecule has 0 aliphatic carbocycles. The lowest BCUT2D eigenvalue weighted by atomic mass is 10.3. The standard InChI is InChI=1S/C8H13N5O3/c1-2-16-4-6(14)11-8-5(3-10-12-8)7(9)13-15/h3,15H,2,4H2,1H3,(H2,9,13)(H2,10,11,12,14). The van der Waals surface area contributed by atoms with Crippen molar-refractivity contribution in [2.75, 3.05) is 18.5 Å². The third-order valence-electron chi connectivity index (χ3n) is 1.72. The fraction of sp³-hybridized carbons (Fsp3) is 0.375. The van der Waals surface area contributed by atoms with Gasteiger partial charge in [-0.3, -0.25) is 9.89 Å². The number of ether oxygens (including phenoxy) is 1. The molecule has 16 heavy (non-hydrogen) atoms. The highest BCUT2D eigenvalue weighted by atomic mass is 16.5. The van der Waals surface area contributed by atoms with Gasteiger partial charge in [0, 0.05) is 6.61 Å². The molecule has 8 heteroatoms. The molecule has 0 saturated heterocycles. The van der Waals surface area contributed by atoms with Crippen LogP contribution in [-0.2, 0) is 9.53 Å². The number of hydrogen-bond acceptors (Lipinski definition) is 5. The Balaban J connectivity index is 2.67. The molecule has 0 aliphatic rings. The van der Waals surface area contributed by atoms with Gasteiger partial charge in [0.1, 0.15) is 12.4 Å². The molecule has 1 amide bonds. The molecule has 8 nitrogen and oxygen atoms in total. The van der Waals surface area contributed by atoms with Gasteiger partial charge in [-0.1, -0.05) is 5.16 Å². The minimum Gasteiger partial charge on any atom is -0.409 e. The van der Waals surface area contributed by atoms with Gasteiger partial charge < -0.3 is 21.0 Å². The van der Waals surface area contributed by atoms with Crippen molar-refractivity contribution in [2.24, 2.45) is 10.9 Å². The van der Waals surface area contributed by atoms with Gasteiger partial charge in [-0.2, -0.15) is 5.10 Å². The number of aromatic amines is 1. The number of anilines is 1. The second-order valence-electron chi connectivity index (χ2n) is 2.83. The van der Waals surface area contributed by atoms with Crippen LogP contribution < -0.4 is 11.1 Å². The smallest absolute Gasteiger partial charge is 0.251 e. The van der Waals surface area contributed by atoms with Crippen LogP contribution in [0, 0.1) is 0 Å². The molecule has 88 valence electrons. The number of hydrogen-bond donors (Lipinski definition) is 4. The van der Waals surface area contributed by atoms with Crippen LogP contribution in [0.4, 0.5) is 5.82 Å². The van der Waals surface area contributed by atoms with Gasteiger partial charge in [-0.05, 0) is 6.92 Å². The predicted octanol–water partition coefficient (Wildman–Crippen LogP) is -0.521. The summed E-state index contributed by atoms with van der Waals surface area (Å²) in [6.45, 7) is 2.17. The van der Waals surface area contributed by atoms with E-state index in [0.29, 0.717) is 12.2 Å². The molecular formula is C8H13N5O3. The molecule has 1 heterocycles. The lowest BCUT2D eigenvalue weighted by Crippen LogP contribution is -2.21. The van der Waals surface area contributed by atoms with Crippen LogP contribution in [0.5, 0.6) is 0 Å². The summed E-state index contributed by atoms with van der Waals surface area (Å²) in [5.41, 5.74) is 5.69. The molecule has 0 atom stereocenters. The van der Waals surface area contributed by atoms with Crippen LogP contribution in [0.15, 0.2) is 11.4 Å². The number of nitrogens with one attached hydrogen (secondary N) is 2. The molecule has 0 spiro atoms. The monoisotopic (exact) mass is 227 g/mol. The molecule has 0 unspecified atom stereocenters. The SMILES string of the molecule is CCOCC(=O)Nc1[nH]ncc1C(N)=NO. The Morgan fingerprint density at radius 2 is 2.56 bits per heavy atom. The summed E-state index contributed by atoms with van der Waals surface area (Å²) >= 11 is 0. The quantitative estimate of drug-likeness (QED) is 0.233. The van der Waals surface area contributed by atoms with Crippen molar-refractivity contribution in [2.45, 2.75) is 6.92 Å². The number of nitrogens with two attached hydrogens (primary N) is 1. The minimum absolute atomic E-state index is 0.0644. The van der Waals surface area contributed by atoms with Crippen LogP contribution in [0.25, 0.3) is 0 Å². The first kappa shape index (κ1) is 12.0. The summed E-state index contributed by atoms with van der Waals surface area (Å²) < 4.78 is 4.91. The summed E-state index contributed by atoms with van der Waals surface area (Å²) in [5.74, 6) is -0.224. The van der Waals surface area contributed by atoms with Crippen LogP contribution in [0.1, 0.15) is 12.5 Å². The third kappa shape index (κ3) is 2.95. The highest BCUT2D eigenvalue weighted by molar-refractivity contribution is 6.04. The molecule has 0 bridgehead atoms. The number of oxime groups is 1. The van der Waals surface area contributed by atoms with E-state index in [0.717, 1.165) is 0 Å². The minimum atomic E-state index is -0.349. The van der Waals surface area contributed by atoms with E-state index in [9.17, 15) is 4.79 Å². The van der Waals surface area contributed by atoms with Crippen LogP contribution in [0.2, 0.25) is 0 Å². The Morgan fingerprint density at radius 3 is 3.19 bits per heavy atom. The fourth-order valence-electron chi connectivity index (χ4n) is 1.000. The van der Waals surface area contributed by atoms with Crippen molar-refractivity contribution >= 4 is 17.6 Å². The van der Waals surface area contributed by atoms with Crippen LogP contribution in [0.3, 0.4) is 0 Å². The van der Waals surface area contributed by atoms with Crippen molar-refractivity contribution in [3.05, 3.63) is 11.8 Å². The maximum absolute atomic E-state index is 11.3. The molecule has 1 aromatic heterocycles. The number of rotatable bonds is 5. The van der Waals surface area contributed by atoms with Crippen molar-refractivity contribution in [1.82, 2.24) is 10.2 Å². The Hall–Kier alpha value is -2.09. The number of carbonyl (C=O) groups is 1. The van der Waals surface area contributed by atoms with E-state index < -0.39 is 0 Å². The zero-order valence-corrected chi connectivity index (χ0v) is 8.73. The molecule has 0 aliphatic heterocycles. The Morgan fingerprint density at radius 1 is 1.81 bits per heavy atom. The molecular weight excluding hydrogens is 214 g/mol. The first-order valence-corrected chi connectivity index (χ1v) is 4.57. The number of amidine groups is 1. The van der Waals surface area contributed by atoms with Crippen molar-refractivity contribution in [3.63, 3.8) is 0 Å². The van der Waals surface area contributed by atoms with Gasteiger partial charge in [0.25, 0.3) is 5.91 Å². The maximum atomic E-state index is 11.3. The molecule has 0 fully saturated rings. The van der Waals surface area contributed by atoms with Gasteiger partial charge in [0.2, 0.25) is 0 Å². The summed E-state index contributed by atoms with van der Waals surface area (Å²) in [5, 5.41) is 20.0. The topological polar surface area (TPSA) is 126 Å². The van der Waals surface area contributed by atoms with E-state index in [1.807, 2.05) is 0 Å². The Kier molecular flexibility index (Phi) is 4.28. The van der Waals surface area contributed by atoms with E-state index in [1.54, 1.807) is 6.92 Å². The highest BCUT2D eigenvalue weighted by Gasteiger charge is 2.12. The molecule has 1 aromatic rings. The lowest BCUT2D eigenvalue weighted by molar-refractivity contribution is -0.120. The molecule has 0 aromatic carbocycles. The molecule has 1 rings (SSSR count). The predicted molar refractivity (Wildman–Crippen MR) is 56.2 cm³/mol. The van der Waals surface area contributed by atoms with E-state index in [1.165, 1.54) is 6.20 Å². The van der Waals surface area contributed by atoms with Crippen molar-refractivity contribution in [3.8, 4) is 0 Å². The van der Waals surface area contributed by atoms with Gasteiger partial charge in [-0.25, -0.2) is 0 Å². The maximum Gasteiger partial charge on any atom is 0.251 e. The van der Waals surface area contributed by atoms with E-state index >= 15 is 0 Å². The molecule has 0 radical (unpaired) electrons. The second kappa shape index (κ2) is 5.71. The zero-order valence-electron chi connectivity index (χ0n) is 8.73. The van der Waals surface area contributed by atoms with Gasteiger partial charge in [-0.15, -0.1) is 0 Å². The second-order valence-corrected chi connectivity index (χ2v) is 2.83. The molecule has 5 N–H and O–H groups in total. The summed E-state index contributed by atoms with van der Waals surface area (Å²) in [6, 6.07) is 0. The first-order chi connectivity index (χ1) is 7.69. The third-order valence-corrected chi connectivity index (χ3v) is 1.72. The number of aromatic nitrogens is 2. The fourth-order valence-corrected chi connectivity index (χ4v) is 1.000. The summed E-state index contributed by atoms with van der Waals surface area (Å²) in [7, 11) is 0. The van der Waals surface area contributed by atoms with Gasteiger partial charge in [0.15, 0.2) is 5.84 Å². The summed E-state index contributed by atoms with van der Waals surface area (Å²) in [4.78, 5) is 11.3. The van der Waals surface area contributed by atoms with E-state index in [4.69, 9.17) is 15.7 Å². The number of carbonyl (C=O) groups excluding carboxylic acids is 1. The largest absolute Gasteiger partial charge is 0.409 e. The van der Waals surface area contributed by atoms with Crippen LogP contribution in [-0.4, -0.2) is 40.4 Å². The van der Waals surface area contributed by atoms with Gasteiger partial charge in [0.05, 0.1) is 11.8 Å². The zero-order chi connectivity index (χ0) is 12.0. The first-order valence-electron chi connectivity index (χ1n) is 4.57. The Labute approximate surface area is 91.5 Å². The van der Waals surface area contributed by atoms with Crippen molar-refractivity contribution < 1.29 is 14.7 Å². The lowest BCUT2D eigenvalue weighted by Gasteiger charge is -2.04. The number of amides is 1. The van der Waals surface area contributed by atoms with E-state index in [-0.39, 0.29) is 24.2 Å². The highest BCUT2D eigenvalue weighted by Crippen LogP contribution is 2.09. The number of nitrogens with zero attached hydrogens (tertiary/aromatic N) is 2. The van der Waals surface area contributed by atoms with Gasteiger partial charge >= 0.3 is 0 Å². The van der Waals surface area contributed by atoms with Crippen molar-refractivity contribution in [1.29, 1.82) is 0 Å². The Bertz CT molecular complexity index is 387. The average Bonchev–Trinajstić information content (AvgIpc) is 2.73. The average molecular weight is 227 g/mol. The van der Waals surface area contributed by atoms with Crippen LogP contribution >= 0.6 is 0 Å².